The van der Waals surface area contributed by atoms with Gasteiger partial charge in [0.15, 0.2) is 0 Å². The molecule has 0 radical (unpaired) electrons. The van der Waals surface area contributed by atoms with E-state index in [1.807, 2.05) is 6.07 Å². The average Bonchev–Trinajstić information content (AvgIpc) is 2.51. The van der Waals surface area contributed by atoms with Crippen molar-refractivity contribution in [2.24, 2.45) is 0 Å². The van der Waals surface area contributed by atoms with Crippen LogP contribution in [0, 0.1) is 5.82 Å². The zero-order valence-electron chi connectivity index (χ0n) is 12.3. The number of halogens is 2. The fourth-order valence-electron chi connectivity index (χ4n) is 2.55. The SMILES string of the molecule is CCNC(CCCc1cc(Cl)ccc1F)c1ccccc1. The van der Waals surface area contributed by atoms with Gasteiger partial charge in [0.2, 0.25) is 0 Å². The summed E-state index contributed by atoms with van der Waals surface area (Å²) < 4.78 is 13.7. The molecule has 0 amide bonds. The highest BCUT2D eigenvalue weighted by molar-refractivity contribution is 6.30. The minimum atomic E-state index is -0.167. The molecule has 0 saturated heterocycles. The number of hydrogen-bond acceptors (Lipinski definition) is 1. The lowest BCUT2D eigenvalue weighted by Gasteiger charge is -2.18. The smallest absolute Gasteiger partial charge is 0.126 e. The number of nitrogens with one attached hydrogen (secondary N) is 1. The maximum absolute atomic E-state index is 13.7. The third kappa shape index (κ3) is 4.83. The van der Waals surface area contributed by atoms with Crippen molar-refractivity contribution in [2.75, 3.05) is 6.54 Å². The van der Waals surface area contributed by atoms with Crippen LogP contribution in [0.1, 0.15) is 36.9 Å². The normalized spacial score (nSPS) is 12.3. The van der Waals surface area contributed by atoms with Gasteiger partial charge in [-0.05, 0) is 55.1 Å². The predicted molar refractivity (Wildman–Crippen MR) is 87.2 cm³/mol. The Bertz CT molecular complexity index is 556. The highest BCUT2D eigenvalue weighted by atomic mass is 35.5. The van der Waals surface area contributed by atoms with Crippen LogP contribution in [0.3, 0.4) is 0 Å². The number of hydrogen-bond donors (Lipinski definition) is 1. The van der Waals surface area contributed by atoms with Crippen LogP contribution in [-0.2, 0) is 6.42 Å². The van der Waals surface area contributed by atoms with Gasteiger partial charge < -0.3 is 5.32 Å². The molecule has 3 heteroatoms. The highest BCUT2D eigenvalue weighted by Gasteiger charge is 2.10. The number of aryl methyl sites for hydroxylation is 1. The summed E-state index contributed by atoms with van der Waals surface area (Å²) in [5.41, 5.74) is 1.98. The quantitative estimate of drug-likeness (QED) is 0.745. The molecule has 2 aromatic rings. The van der Waals surface area contributed by atoms with Crippen LogP contribution < -0.4 is 5.32 Å². The lowest BCUT2D eigenvalue weighted by molar-refractivity contribution is 0.494. The second-order valence-corrected chi connectivity index (χ2v) is 5.59. The molecule has 0 saturated carbocycles. The Morgan fingerprint density at radius 1 is 1.14 bits per heavy atom. The summed E-state index contributed by atoms with van der Waals surface area (Å²) in [4.78, 5) is 0. The standard InChI is InChI=1S/C18H21ClFN/c1-2-21-18(14-7-4-3-5-8-14)10-6-9-15-13-16(19)11-12-17(15)20/h3-5,7-8,11-13,18,21H,2,6,9-10H2,1H3. The van der Waals surface area contributed by atoms with E-state index in [1.165, 1.54) is 11.6 Å². The van der Waals surface area contributed by atoms with Crippen LogP contribution in [0.15, 0.2) is 48.5 Å². The third-order valence-electron chi connectivity index (χ3n) is 3.60. The largest absolute Gasteiger partial charge is 0.310 e. The Balaban J connectivity index is 1.95. The molecular weight excluding hydrogens is 285 g/mol. The maximum atomic E-state index is 13.7. The predicted octanol–water partition coefficient (Wildman–Crippen LogP) is 5.15. The van der Waals surface area contributed by atoms with Gasteiger partial charge in [0.05, 0.1) is 0 Å². The van der Waals surface area contributed by atoms with Crippen molar-refractivity contribution in [3.8, 4) is 0 Å². The van der Waals surface area contributed by atoms with E-state index < -0.39 is 0 Å². The van der Waals surface area contributed by atoms with Crippen molar-refractivity contribution < 1.29 is 4.39 Å². The Morgan fingerprint density at radius 3 is 2.62 bits per heavy atom. The molecule has 2 aromatic carbocycles. The molecule has 1 atom stereocenters. The Labute approximate surface area is 131 Å². The van der Waals surface area contributed by atoms with Gasteiger partial charge in [-0.2, -0.15) is 0 Å². The van der Waals surface area contributed by atoms with Gasteiger partial charge in [0.1, 0.15) is 5.82 Å². The van der Waals surface area contributed by atoms with Gasteiger partial charge in [-0.25, -0.2) is 4.39 Å². The molecule has 0 fully saturated rings. The van der Waals surface area contributed by atoms with E-state index >= 15 is 0 Å². The van der Waals surface area contributed by atoms with E-state index in [4.69, 9.17) is 11.6 Å². The maximum Gasteiger partial charge on any atom is 0.126 e. The van der Waals surface area contributed by atoms with E-state index in [9.17, 15) is 4.39 Å². The molecule has 112 valence electrons. The molecule has 0 spiro atoms. The summed E-state index contributed by atoms with van der Waals surface area (Å²) in [5, 5.41) is 4.09. The molecule has 0 heterocycles. The molecule has 0 aliphatic carbocycles. The first-order chi connectivity index (χ1) is 10.2. The summed E-state index contributed by atoms with van der Waals surface area (Å²) in [6.07, 6.45) is 2.61. The summed E-state index contributed by atoms with van der Waals surface area (Å²) in [7, 11) is 0. The van der Waals surface area contributed by atoms with Gasteiger partial charge in [-0.3, -0.25) is 0 Å². The lowest BCUT2D eigenvalue weighted by Crippen LogP contribution is -2.21. The first-order valence-electron chi connectivity index (χ1n) is 7.43. The van der Waals surface area contributed by atoms with Crippen LogP contribution in [-0.4, -0.2) is 6.54 Å². The fraction of sp³-hybridized carbons (Fsp3) is 0.333. The highest BCUT2D eigenvalue weighted by Crippen LogP contribution is 2.21. The number of benzene rings is 2. The van der Waals surface area contributed by atoms with Crippen molar-refractivity contribution in [2.45, 2.75) is 32.2 Å². The van der Waals surface area contributed by atoms with Crippen LogP contribution in [0.5, 0.6) is 0 Å². The molecule has 0 aliphatic heterocycles. The lowest BCUT2D eigenvalue weighted by atomic mass is 9.99. The summed E-state index contributed by atoms with van der Waals surface area (Å²) >= 11 is 5.92. The van der Waals surface area contributed by atoms with E-state index in [-0.39, 0.29) is 5.82 Å². The summed E-state index contributed by atoms with van der Waals surface area (Å²) in [5.74, 6) is -0.167. The van der Waals surface area contributed by atoms with Crippen LogP contribution in [0.2, 0.25) is 5.02 Å². The van der Waals surface area contributed by atoms with Crippen molar-refractivity contribution in [3.63, 3.8) is 0 Å². The van der Waals surface area contributed by atoms with Gasteiger partial charge in [0, 0.05) is 11.1 Å². The first-order valence-corrected chi connectivity index (χ1v) is 7.80. The second kappa shape index (κ2) is 8.16. The van der Waals surface area contributed by atoms with Crippen LogP contribution in [0.4, 0.5) is 4.39 Å². The van der Waals surface area contributed by atoms with E-state index in [2.05, 4.69) is 36.5 Å². The Morgan fingerprint density at radius 2 is 1.90 bits per heavy atom. The second-order valence-electron chi connectivity index (χ2n) is 5.15. The molecule has 0 aromatic heterocycles. The van der Waals surface area contributed by atoms with E-state index in [0.29, 0.717) is 23.0 Å². The zero-order chi connectivity index (χ0) is 15.1. The van der Waals surface area contributed by atoms with Crippen molar-refractivity contribution >= 4 is 11.6 Å². The first kappa shape index (κ1) is 16.0. The molecule has 1 nitrogen and oxygen atoms in total. The van der Waals surface area contributed by atoms with Crippen molar-refractivity contribution in [1.29, 1.82) is 0 Å². The van der Waals surface area contributed by atoms with Crippen LogP contribution in [0.25, 0.3) is 0 Å². The van der Waals surface area contributed by atoms with Gasteiger partial charge in [-0.15, -0.1) is 0 Å². The van der Waals surface area contributed by atoms with Gasteiger partial charge >= 0.3 is 0 Å². The molecular formula is C18H21ClFN. The number of rotatable bonds is 7. The van der Waals surface area contributed by atoms with Gasteiger partial charge in [0.25, 0.3) is 0 Å². The monoisotopic (exact) mass is 305 g/mol. The van der Waals surface area contributed by atoms with E-state index in [1.54, 1.807) is 12.1 Å². The minimum Gasteiger partial charge on any atom is -0.310 e. The topological polar surface area (TPSA) is 12.0 Å². The summed E-state index contributed by atoms with van der Waals surface area (Å²) in [6, 6.07) is 15.5. The molecule has 21 heavy (non-hydrogen) atoms. The zero-order valence-corrected chi connectivity index (χ0v) is 13.0. The third-order valence-corrected chi connectivity index (χ3v) is 3.83. The molecule has 0 aliphatic rings. The van der Waals surface area contributed by atoms with Crippen molar-refractivity contribution in [3.05, 3.63) is 70.5 Å². The van der Waals surface area contributed by atoms with Crippen LogP contribution >= 0.6 is 11.6 Å². The van der Waals surface area contributed by atoms with Gasteiger partial charge in [-0.1, -0.05) is 48.9 Å². The molecule has 0 bridgehead atoms. The fourth-order valence-corrected chi connectivity index (χ4v) is 2.74. The Kier molecular flexibility index (Phi) is 6.21. The van der Waals surface area contributed by atoms with E-state index in [0.717, 1.165) is 19.4 Å². The Hall–Kier alpha value is -1.38. The average molecular weight is 306 g/mol. The minimum absolute atomic E-state index is 0.167. The summed E-state index contributed by atoms with van der Waals surface area (Å²) in [6.45, 7) is 3.03. The molecule has 1 unspecified atom stereocenters. The van der Waals surface area contributed by atoms with Crippen molar-refractivity contribution in [1.82, 2.24) is 5.32 Å². The molecule has 1 N–H and O–H groups in total. The molecule has 2 rings (SSSR count).